The molecule has 1 amide bonds. The molecule has 0 aromatic carbocycles. The van der Waals surface area contributed by atoms with Gasteiger partial charge in [0.05, 0.1) is 12.6 Å². The minimum atomic E-state index is -0.215. The zero-order chi connectivity index (χ0) is 18.4. The molecule has 26 heavy (non-hydrogen) atoms. The van der Waals surface area contributed by atoms with Crippen molar-refractivity contribution in [3.8, 4) is 0 Å². The van der Waals surface area contributed by atoms with Crippen molar-refractivity contribution >= 4 is 5.91 Å². The van der Waals surface area contributed by atoms with Crippen LogP contribution in [0.15, 0.2) is 10.7 Å². The van der Waals surface area contributed by atoms with Crippen molar-refractivity contribution in [2.45, 2.75) is 51.7 Å². The second-order valence-electron chi connectivity index (χ2n) is 7.50. The van der Waals surface area contributed by atoms with E-state index in [1.807, 2.05) is 4.90 Å². The monoisotopic (exact) mass is 364 g/mol. The summed E-state index contributed by atoms with van der Waals surface area (Å²) < 4.78 is 5.53. The molecular weight excluding hydrogens is 332 g/mol. The molecule has 0 bridgehead atoms. The molecule has 3 heterocycles. The number of carbonyl (C=O) groups is 1. The van der Waals surface area contributed by atoms with E-state index in [0.29, 0.717) is 18.1 Å². The quantitative estimate of drug-likeness (QED) is 0.755. The van der Waals surface area contributed by atoms with Gasteiger partial charge in [0, 0.05) is 45.8 Å². The summed E-state index contributed by atoms with van der Waals surface area (Å²) in [6.45, 7) is 8.96. The summed E-state index contributed by atoms with van der Waals surface area (Å²) in [4.78, 5) is 23.2. The molecule has 1 atom stereocenters. The van der Waals surface area contributed by atoms with Crippen molar-refractivity contribution < 1.29 is 14.3 Å². The van der Waals surface area contributed by atoms with Gasteiger partial charge >= 0.3 is 0 Å². The Balaban J connectivity index is 1.41. The SMILES string of the molecule is CCCCC(O)CN1CCN(Cc2nc(C(=O)N3CCCC3)co2)CC1. The third-order valence-corrected chi connectivity index (χ3v) is 5.35. The highest BCUT2D eigenvalue weighted by molar-refractivity contribution is 5.92. The standard InChI is InChI=1S/C19H32N4O3/c1-2-3-6-16(24)13-21-9-11-22(12-10-21)14-18-20-17(15-26-18)19(25)23-7-4-5-8-23/h15-16,24H,2-14H2,1H3. The van der Waals surface area contributed by atoms with Gasteiger partial charge in [-0.15, -0.1) is 0 Å². The highest BCUT2D eigenvalue weighted by atomic mass is 16.3. The molecule has 1 N–H and O–H groups in total. The molecule has 0 radical (unpaired) electrons. The Morgan fingerprint density at radius 2 is 1.88 bits per heavy atom. The van der Waals surface area contributed by atoms with Gasteiger partial charge in [-0.2, -0.15) is 0 Å². The number of aromatic nitrogens is 1. The fourth-order valence-corrected chi connectivity index (χ4v) is 3.71. The predicted octanol–water partition coefficient (Wildman–Crippen LogP) is 1.58. The molecule has 2 saturated heterocycles. The third-order valence-electron chi connectivity index (χ3n) is 5.35. The van der Waals surface area contributed by atoms with Crippen LogP contribution >= 0.6 is 0 Å². The molecule has 0 spiro atoms. The van der Waals surface area contributed by atoms with E-state index in [1.54, 1.807) is 0 Å². The van der Waals surface area contributed by atoms with Crippen molar-refractivity contribution in [2.24, 2.45) is 0 Å². The van der Waals surface area contributed by atoms with E-state index in [0.717, 1.165) is 77.9 Å². The number of aliphatic hydroxyl groups is 1. The smallest absolute Gasteiger partial charge is 0.275 e. The van der Waals surface area contributed by atoms with Crippen LogP contribution < -0.4 is 0 Å². The van der Waals surface area contributed by atoms with Crippen molar-refractivity contribution in [3.05, 3.63) is 17.8 Å². The molecule has 1 aromatic heterocycles. The highest BCUT2D eigenvalue weighted by Crippen LogP contribution is 2.14. The van der Waals surface area contributed by atoms with Gasteiger partial charge in [-0.1, -0.05) is 19.8 Å². The number of β-amino-alcohol motifs (C(OH)–C–C–N with tert-alkyl or cyclic N) is 1. The molecule has 2 fully saturated rings. The summed E-state index contributed by atoms with van der Waals surface area (Å²) in [6.07, 6.45) is 6.54. The van der Waals surface area contributed by atoms with Gasteiger partial charge in [-0.25, -0.2) is 4.98 Å². The molecule has 0 saturated carbocycles. The molecule has 146 valence electrons. The van der Waals surface area contributed by atoms with Crippen LogP contribution in [0.1, 0.15) is 55.4 Å². The predicted molar refractivity (Wildman–Crippen MR) is 98.9 cm³/mol. The Kier molecular flexibility index (Phi) is 7.05. The van der Waals surface area contributed by atoms with Crippen LogP contribution in [0.2, 0.25) is 0 Å². The van der Waals surface area contributed by atoms with E-state index >= 15 is 0 Å². The summed E-state index contributed by atoms with van der Waals surface area (Å²) >= 11 is 0. The first-order valence-electron chi connectivity index (χ1n) is 10.0. The van der Waals surface area contributed by atoms with Crippen molar-refractivity contribution in [1.29, 1.82) is 0 Å². The molecule has 2 aliphatic rings. The molecule has 0 aliphatic carbocycles. The van der Waals surface area contributed by atoms with Crippen molar-refractivity contribution in [1.82, 2.24) is 19.7 Å². The lowest BCUT2D eigenvalue weighted by Crippen LogP contribution is -2.48. The summed E-state index contributed by atoms with van der Waals surface area (Å²) in [7, 11) is 0. The van der Waals surface area contributed by atoms with Gasteiger partial charge in [0.2, 0.25) is 5.89 Å². The number of hydrogen-bond acceptors (Lipinski definition) is 6. The Labute approximate surface area is 156 Å². The minimum absolute atomic E-state index is 0.0108. The largest absolute Gasteiger partial charge is 0.447 e. The first-order chi connectivity index (χ1) is 12.7. The van der Waals surface area contributed by atoms with Crippen LogP contribution in [0, 0.1) is 0 Å². The van der Waals surface area contributed by atoms with E-state index in [1.165, 1.54) is 6.26 Å². The number of hydrogen-bond donors (Lipinski definition) is 1. The maximum atomic E-state index is 12.3. The lowest BCUT2D eigenvalue weighted by molar-refractivity contribution is 0.0627. The number of aliphatic hydroxyl groups excluding tert-OH is 1. The number of carbonyl (C=O) groups excluding carboxylic acids is 1. The van der Waals surface area contributed by atoms with Gasteiger partial charge in [0.25, 0.3) is 5.91 Å². The average Bonchev–Trinajstić information content (AvgIpc) is 3.33. The van der Waals surface area contributed by atoms with Crippen LogP contribution in [0.3, 0.4) is 0 Å². The number of amides is 1. The fourth-order valence-electron chi connectivity index (χ4n) is 3.71. The summed E-state index contributed by atoms with van der Waals surface area (Å²) in [5.74, 6) is 0.604. The summed E-state index contributed by atoms with van der Waals surface area (Å²) in [5, 5.41) is 10.1. The van der Waals surface area contributed by atoms with Crippen LogP contribution in [0.5, 0.6) is 0 Å². The van der Waals surface area contributed by atoms with Crippen LogP contribution in [0.25, 0.3) is 0 Å². The molecule has 7 heteroatoms. The number of unbranched alkanes of at least 4 members (excludes halogenated alkanes) is 1. The van der Waals surface area contributed by atoms with E-state index < -0.39 is 0 Å². The molecule has 3 rings (SSSR count). The van der Waals surface area contributed by atoms with Crippen molar-refractivity contribution in [3.63, 3.8) is 0 Å². The first-order valence-corrected chi connectivity index (χ1v) is 10.0. The van der Waals surface area contributed by atoms with Crippen LogP contribution in [0.4, 0.5) is 0 Å². The third kappa shape index (κ3) is 5.28. The van der Waals surface area contributed by atoms with Crippen molar-refractivity contribution in [2.75, 3.05) is 45.8 Å². The maximum Gasteiger partial charge on any atom is 0.275 e. The van der Waals surface area contributed by atoms with E-state index in [4.69, 9.17) is 4.42 Å². The number of oxazole rings is 1. The Bertz CT molecular complexity index is 563. The Hall–Kier alpha value is -1.44. The second-order valence-corrected chi connectivity index (χ2v) is 7.50. The zero-order valence-corrected chi connectivity index (χ0v) is 15.9. The number of nitrogens with zero attached hydrogens (tertiary/aromatic N) is 4. The van der Waals surface area contributed by atoms with Crippen LogP contribution in [-0.2, 0) is 6.54 Å². The maximum absolute atomic E-state index is 12.3. The summed E-state index contributed by atoms with van der Waals surface area (Å²) in [5.41, 5.74) is 0.430. The number of rotatable bonds is 8. The van der Waals surface area contributed by atoms with Gasteiger partial charge in [0.15, 0.2) is 5.69 Å². The zero-order valence-electron chi connectivity index (χ0n) is 15.9. The Morgan fingerprint density at radius 1 is 1.19 bits per heavy atom. The van der Waals surface area contributed by atoms with E-state index in [-0.39, 0.29) is 12.0 Å². The molecule has 1 unspecified atom stereocenters. The first kappa shape index (κ1) is 19.3. The van der Waals surface area contributed by atoms with E-state index in [9.17, 15) is 9.90 Å². The normalized spacial score (nSPS) is 20.6. The lowest BCUT2D eigenvalue weighted by Gasteiger charge is -2.35. The second kappa shape index (κ2) is 9.48. The number of piperazine rings is 1. The average molecular weight is 364 g/mol. The molecule has 7 nitrogen and oxygen atoms in total. The fraction of sp³-hybridized carbons (Fsp3) is 0.789. The van der Waals surface area contributed by atoms with Gasteiger partial charge in [0.1, 0.15) is 6.26 Å². The lowest BCUT2D eigenvalue weighted by atomic mass is 10.1. The van der Waals surface area contributed by atoms with Gasteiger partial charge in [-0.3, -0.25) is 14.6 Å². The van der Waals surface area contributed by atoms with Crippen LogP contribution in [-0.4, -0.2) is 82.6 Å². The topological polar surface area (TPSA) is 73.1 Å². The molecule has 1 aromatic rings. The number of likely N-dealkylation sites (tertiary alicyclic amines) is 1. The summed E-state index contributed by atoms with van der Waals surface area (Å²) in [6, 6.07) is 0. The molecular formula is C19H32N4O3. The van der Waals surface area contributed by atoms with Gasteiger partial charge in [-0.05, 0) is 19.3 Å². The minimum Gasteiger partial charge on any atom is -0.447 e. The van der Waals surface area contributed by atoms with E-state index in [2.05, 4.69) is 21.7 Å². The highest BCUT2D eigenvalue weighted by Gasteiger charge is 2.24. The Morgan fingerprint density at radius 3 is 2.58 bits per heavy atom. The molecule has 2 aliphatic heterocycles. The van der Waals surface area contributed by atoms with Gasteiger partial charge < -0.3 is 14.4 Å².